The number of hydrogen-bond acceptors (Lipinski definition) is 21. The molecular weight excluding hydrogens is 983 g/mol. The number of likely N-dealkylation sites (N-methyl/N-ethyl adjacent to an activating group) is 1. The number of aliphatic hydroxyl groups is 4. The van der Waals surface area contributed by atoms with Crippen LogP contribution in [0.25, 0.3) is 10.9 Å². The van der Waals surface area contributed by atoms with Crippen molar-refractivity contribution in [1.82, 2.24) is 14.9 Å². The van der Waals surface area contributed by atoms with E-state index < -0.39 is 113 Å². The van der Waals surface area contributed by atoms with Crippen LogP contribution in [0.1, 0.15) is 105 Å². The largest absolute Gasteiger partial charge is 0.492 e. The number of fused-ring (bicyclic) bond motifs is 1. The van der Waals surface area contributed by atoms with Gasteiger partial charge in [-0.25, -0.2) is 4.79 Å². The second-order valence-electron chi connectivity index (χ2n) is 21.6. The van der Waals surface area contributed by atoms with Crippen LogP contribution in [0.2, 0.25) is 0 Å². The number of carboxylic acids is 1. The Morgan fingerprint density at radius 2 is 1.64 bits per heavy atom. The molecule has 1 aromatic heterocycles. The van der Waals surface area contributed by atoms with Gasteiger partial charge in [0.2, 0.25) is 5.43 Å². The Morgan fingerprint density at radius 1 is 0.960 bits per heavy atom. The van der Waals surface area contributed by atoms with Crippen LogP contribution in [0.15, 0.2) is 34.3 Å². The third kappa shape index (κ3) is 14.0. The molecule has 424 valence electrons. The van der Waals surface area contributed by atoms with Crippen LogP contribution in [0, 0.1) is 17.8 Å². The van der Waals surface area contributed by atoms with E-state index in [0.29, 0.717) is 24.2 Å². The number of ether oxygens (including phenoxy) is 8. The fourth-order valence-electron chi connectivity index (χ4n) is 10.8. The number of carboxylic acid groups (broad SMARTS) is 1. The summed E-state index contributed by atoms with van der Waals surface area (Å²) in [5, 5.41) is 75.8. The molecule has 5 rings (SSSR count). The van der Waals surface area contributed by atoms with Gasteiger partial charge in [-0.1, -0.05) is 25.9 Å². The van der Waals surface area contributed by atoms with E-state index in [0.717, 1.165) is 0 Å². The average Bonchev–Trinajstić information content (AvgIpc) is 3.33. The predicted octanol–water partition coefficient (Wildman–Crippen LogP) is 2.23. The summed E-state index contributed by atoms with van der Waals surface area (Å²) in [4.78, 5) is 54.2. The van der Waals surface area contributed by atoms with E-state index in [1.807, 2.05) is 25.9 Å². The topological polar surface area (TPSA) is 299 Å². The molecule has 1 aromatic carbocycles. The number of oxime groups is 1. The third-order valence-corrected chi connectivity index (χ3v) is 15.2. The number of esters is 2. The Hall–Kier alpha value is -4.53. The van der Waals surface area contributed by atoms with Gasteiger partial charge >= 0.3 is 17.9 Å². The predicted molar refractivity (Wildman–Crippen MR) is 273 cm³/mol. The summed E-state index contributed by atoms with van der Waals surface area (Å²) in [6.45, 7) is 15.4. The zero-order valence-corrected chi connectivity index (χ0v) is 45.9. The molecule has 3 fully saturated rings. The van der Waals surface area contributed by atoms with Crippen LogP contribution in [-0.4, -0.2) is 203 Å². The van der Waals surface area contributed by atoms with Crippen LogP contribution in [0.3, 0.4) is 0 Å². The number of benzene rings is 1. The van der Waals surface area contributed by atoms with Gasteiger partial charge in [0.25, 0.3) is 0 Å². The number of cyclic esters (lactones) is 1. The minimum Gasteiger partial charge on any atom is -0.492 e. The summed E-state index contributed by atoms with van der Waals surface area (Å²) in [5.74, 6) is -5.25. The second kappa shape index (κ2) is 25.3. The van der Waals surface area contributed by atoms with Crippen LogP contribution in [-0.2, 0) is 42.7 Å². The van der Waals surface area contributed by atoms with Gasteiger partial charge in [-0.05, 0) is 87.0 Å². The summed E-state index contributed by atoms with van der Waals surface area (Å²) in [6.07, 6.45) is -9.73. The smallest absolute Gasteiger partial charge is 0.341 e. The van der Waals surface area contributed by atoms with Gasteiger partial charge in [0, 0.05) is 76.2 Å². The van der Waals surface area contributed by atoms with Crippen molar-refractivity contribution in [3.8, 4) is 5.75 Å². The van der Waals surface area contributed by atoms with Crippen molar-refractivity contribution in [3.05, 3.63) is 40.2 Å². The van der Waals surface area contributed by atoms with Gasteiger partial charge in [0.1, 0.15) is 47.4 Å². The standard InChI is InChI=1S/C52H83N5O18/c1-15-37-52(9,66)44(61)40(54-67)27(2)24-50(7,65)45(75-49-42(60)36(55(10)11)22-28(3)70-49)29(4)43(30(5)48(64)72-37)74-39-25-51(8,68-14)46(31(6)71-39)73-38(58)18-19-53-20-21-69-32-16-17-33-35(23-32)57(56(12)13)26-34(41(33)59)47(62)63/h16-17,23,26-31,36-37,39,42-46,49,53,60-61,65-67H,15,18-22,24-25H2,1-14H3,(H,62,63)/b54-40+/t27-,28-,29+,30-,31+,36+,37-,39+,42-,43+,44-,45-,46+,49+,50-,51-,52-/m1/s1. The number of nitrogens with one attached hydrogen (secondary N) is 1. The second-order valence-corrected chi connectivity index (χ2v) is 21.6. The van der Waals surface area contributed by atoms with Crippen molar-refractivity contribution in [2.75, 3.05) is 60.0 Å². The zero-order valence-electron chi connectivity index (χ0n) is 45.9. The van der Waals surface area contributed by atoms with Crippen LogP contribution >= 0.6 is 0 Å². The number of rotatable bonds is 17. The molecule has 75 heavy (non-hydrogen) atoms. The van der Waals surface area contributed by atoms with E-state index in [4.69, 9.17) is 37.9 Å². The van der Waals surface area contributed by atoms with Crippen molar-refractivity contribution < 1.29 is 83.0 Å². The van der Waals surface area contributed by atoms with Crippen LogP contribution in [0.4, 0.5) is 0 Å². The molecular formula is C52H83N5O18. The zero-order chi connectivity index (χ0) is 56.1. The van der Waals surface area contributed by atoms with E-state index in [2.05, 4.69) is 10.5 Å². The summed E-state index contributed by atoms with van der Waals surface area (Å²) in [6, 6.07) is 4.37. The van der Waals surface area contributed by atoms with Crippen molar-refractivity contribution in [2.24, 2.45) is 22.9 Å². The lowest BCUT2D eigenvalue weighted by Crippen LogP contribution is -2.61. The first kappa shape index (κ1) is 61.3. The van der Waals surface area contributed by atoms with E-state index in [1.54, 1.807) is 77.5 Å². The normalized spacial score (nSPS) is 36.8. The number of aromatic nitrogens is 1. The summed E-state index contributed by atoms with van der Waals surface area (Å²) in [5.41, 5.74) is -6.01. The molecule has 0 amide bonds. The molecule has 0 aliphatic carbocycles. The maximum atomic E-state index is 14.4. The molecule has 17 atom stereocenters. The minimum absolute atomic E-state index is 0.00717. The third-order valence-electron chi connectivity index (χ3n) is 15.2. The first-order chi connectivity index (χ1) is 35.0. The Balaban J connectivity index is 1.33. The van der Waals surface area contributed by atoms with Crippen molar-refractivity contribution in [2.45, 2.75) is 179 Å². The van der Waals surface area contributed by atoms with Crippen LogP contribution < -0.4 is 20.5 Å². The van der Waals surface area contributed by atoms with Crippen LogP contribution in [0.5, 0.6) is 5.75 Å². The van der Waals surface area contributed by atoms with Gasteiger partial charge in [-0.3, -0.25) is 19.1 Å². The molecule has 0 radical (unpaired) electrons. The number of aromatic carboxylic acids is 1. The Bertz CT molecular complexity index is 2360. The van der Waals surface area contributed by atoms with E-state index in [9.17, 15) is 49.9 Å². The van der Waals surface area contributed by atoms with Crippen molar-refractivity contribution >= 4 is 34.5 Å². The van der Waals surface area contributed by atoms with E-state index in [-0.39, 0.29) is 67.6 Å². The lowest BCUT2D eigenvalue weighted by atomic mass is 9.75. The fraction of sp³-hybridized carbons (Fsp3) is 0.750. The molecule has 23 heteroatoms. The molecule has 2 aromatic rings. The highest BCUT2D eigenvalue weighted by molar-refractivity contribution is 5.93. The number of methoxy groups -OCH3 is 1. The quantitative estimate of drug-likeness (QED) is 0.0517. The molecule has 0 unspecified atom stereocenters. The molecule has 0 bridgehead atoms. The van der Waals surface area contributed by atoms with E-state index >= 15 is 0 Å². The molecule has 3 aliphatic heterocycles. The van der Waals surface area contributed by atoms with Gasteiger partial charge in [-0.15, -0.1) is 0 Å². The fourth-order valence-corrected chi connectivity index (χ4v) is 10.8. The summed E-state index contributed by atoms with van der Waals surface area (Å²) in [7, 11) is 8.55. The Morgan fingerprint density at radius 3 is 2.24 bits per heavy atom. The summed E-state index contributed by atoms with van der Waals surface area (Å²) < 4.78 is 51.6. The number of nitrogens with zero attached hydrogens (tertiary/aromatic N) is 4. The number of pyridine rings is 1. The first-order valence-corrected chi connectivity index (χ1v) is 25.7. The highest BCUT2D eigenvalue weighted by Gasteiger charge is 2.54. The van der Waals surface area contributed by atoms with E-state index in [1.165, 1.54) is 33.2 Å². The van der Waals surface area contributed by atoms with Gasteiger partial charge in [0.15, 0.2) is 18.7 Å². The molecule has 3 saturated heterocycles. The van der Waals surface area contributed by atoms with Gasteiger partial charge in [0.05, 0.1) is 53.6 Å². The minimum atomic E-state index is -2.16. The molecule has 0 saturated carbocycles. The molecule has 7 N–H and O–H groups in total. The Kier molecular flexibility index (Phi) is 20.7. The molecule has 23 nitrogen and oxygen atoms in total. The SMILES string of the molecule is CC[C@H]1OC(=O)[C@H](C)[C@@H](O[C@H]2C[C@@](C)(OC)[C@@H](OC(=O)CCNCCOc3ccc4c(=O)c(C(=O)O)cn(N(C)C)c4c3)[C@H](C)O2)[C@H](C)[C@@H](O[C@@H]2O[C@H](C)C[C@H](N(C)C)[C@H]2O)[C@](C)(O)C[C@@H](C)/C(=N\O)[C@@H](O)[C@]1(C)O. The maximum absolute atomic E-state index is 14.4. The molecule has 3 aliphatic rings. The number of aliphatic hydroxyl groups excluding tert-OH is 2. The molecule has 4 heterocycles. The van der Waals surface area contributed by atoms with Crippen molar-refractivity contribution in [3.63, 3.8) is 0 Å². The number of hydrogen-bond donors (Lipinski definition) is 7. The molecule has 0 spiro atoms. The lowest BCUT2D eigenvalue weighted by Gasteiger charge is -2.49. The first-order valence-electron chi connectivity index (χ1n) is 25.7. The lowest BCUT2D eigenvalue weighted by molar-refractivity contribution is -0.318. The van der Waals surface area contributed by atoms with Gasteiger partial charge < -0.3 is 83.9 Å². The van der Waals surface area contributed by atoms with Gasteiger partial charge in [-0.2, -0.15) is 0 Å². The van der Waals surface area contributed by atoms with Crippen molar-refractivity contribution in [1.29, 1.82) is 0 Å². The average molecular weight is 1070 g/mol. The maximum Gasteiger partial charge on any atom is 0.341 e. The monoisotopic (exact) mass is 1070 g/mol. The number of carbonyl (C=O) groups is 3. The summed E-state index contributed by atoms with van der Waals surface area (Å²) >= 11 is 0. The highest BCUT2D eigenvalue weighted by atomic mass is 16.7. The Labute approximate surface area is 438 Å². The highest BCUT2D eigenvalue weighted by Crippen LogP contribution is 2.41. The number of carbonyl (C=O) groups excluding carboxylic acids is 2.